The van der Waals surface area contributed by atoms with E-state index in [1.807, 2.05) is 0 Å². The normalized spacial score (nSPS) is 31.5. The van der Waals surface area contributed by atoms with E-state index >= 15 is 0 Å². The van der Waals surface area contributed by atoms with Gasteiger partial charge in [-0.2, -0.15) is 0 Å². The number of rotatable bonds is 9. The average Bonchev–Trinajstić information content (AvgIpc) is 2.87. The standard InChI is InChI=1S/C30H60N2O2Si2/c1-35(2,3)33-29(25-17-9-7-10-18-25,27-21-13-15-23-31-27)30(34-36(4,5)6,26-19-11-8-12-20-26)28-22-14-16-24-32-28/h25-28,31-32H,7-24H2,1-6H3. The maximum atomic E-state index is 7.96. The lowest BCUT2D eigenvalue weighted by Crippen LogP contribution is -2.81. The number of nitrogens with one attached hydrogen (secondary N) is 2. The maximum Gasteiger partial charge on any atom is 0.184 e. The van der Waals surface area contributed by atoms with Crippen molar-refractivity contribution in [1.29, 1.82) is 0 Å². The SMILES string of the molecule is C[Si](C)(C)OC(C1CCCCC1)(C1CCCCN1)C(O[Si](C)(C)C)(C1CCCCC1)C1CCCCN1. The first-order valence-corrected chi connectivity index (χ1v) is 22.8. The molecular formula is C30H60N2O2Si2. The summed E-state index contributed by atoms with van der Waals surface area (Å²) in [5.41, 5.74) is -0.481. The Morgan fingerprint density at radius 1 is 0.472 bits per heavy atom. The highest BCUT2D eigenvalue weighted by Gasteiger charge is 2.68. The molecule has 0 bridgehead atoms. The summed E-state index contributed by atoms with van der Waals surface area (Å²) in [7, 11) is -3.81. The molecule has 2 heterocycles. The predicted octanol–water partition coefficient (Wildman–Crippen LogP) is 7.61. The Kier molecular flexibility index (Phi) is 9.92. The van der Waals surface area contributed by atoms with E-state index < -0.39 is 16.6 Å². The van der Waals surface area contributed by atoms with E-state index in [0.717, 1.165) is 13.1 Å². The number of piperidine rings is 2. The molecule has 210 valence electrons. The van der Waals surface area contributed by atoms with Crippen LogP contribution in [-0.4, -0.2) is 53.0 Å². The van der Waals surface area contributed by atoms with E-state index in [9.17, 15) is 0 Å². The van der Waals surface area contributed by atoms with Crippen LogP contribution in [0.15, 0.2) is 0 Å². The first kappa shape index (κ1) is 29.3. The zero-order chi connectivity index (χ0) is 25.9. The van der Waals surface area contributed by atoms with Crippen molar-refractivity contribution in [2.75, 3.05) is 13.1 Å². The lowest BCUT2D eigenvalue weighted by Gasteiger charge is -2.67. The maximum absolute atomic E-state index is 7.96. The molecule has 0 aromatic carbocycles. The minimum absolute atomic E-state index is 0.240. The van der Waals surface area contributed by atoms with E-state index in [1.54, 1.807) is 0 Å². The van der Waals surface area contributed by atoms with Gasteiger partial charge in [-0.1, -0.05) is 51.4 Å². The molecule has 4 nitrogen and oxygen atoms in total. The molecule has 2 aliphatic heterocycles. The third-order valence-corrected chi connectivity index (χ3v) is 11.5. The molecular weight excluding hydrogens is 477 g/mol. The van der Waals surface area contributed by atoms with Crippen LogP contribution in [0.25, 0.3) is 0 Å². The first-order valence-electron chi connectivity index (χ1n) is 16.0. The van der Waals surface area contributed by atoms with Gasteiger partial charge in [0.1, 0.15) is 11.2 Å². The Morgan fingerprint density at radius 2 is 0.806 bits per heavy atom. The molecule has 4 aliphatic rings. The van der Waals surface area contributed by atoms with Crippen LogP contribution in [0.4, 0.5) is 0 Å². The van der Waals surface area contributed by atoms with Gasteiger partial charge in [0, 0.05) is 12.1 Å². The fraction of sp³-hybridized carbons (Fsp3) is 1.00. The average molecular weight is 537 g/mol. The van der Waals surface area contributed by atoms with Crippen LogP contribution < -0.4 is 10.6 Å². The molecule has 36 heavy (non-hydrogen) atoms. The highest BCUT2D eigenvalue weighted by Crippen LogP contribution is 2.57. The molecule has 2 aliphatic carbocycles. The van der Waals surface area contributed by atoms with Crippen molar-refractivity contribution in [2.45, 2.75) is 165 Å². The molecule has 0 radical (unpaired) electrons. The summed E-state index contributed by atoms with van der Waals surface area (Å²) in [5.74, 6) is 1.19. The van der Waals surface area contributed by atoms with Gasteiger partial charge in [0.2, 0.25) is 0 Å². The van der Waals surface area contributed by atoms with Gasteiger partial charge in [-0.3, -0.25) is 0 Å². The van der Waals surface area contributed by atoms with Crippen LogP contribution in [0, 0.1) is 11.8 Å². The van der Waals surface area contributed by atoms with Gasteiger partial charge in [-0.05, 0) is 116 Å². The van der Waals surface area contributed by atoms with Crippen LogP contribution in [0.2, 0.25) is 39.3 Å². The van der Waals surface area contributed by atoms with Crippen molar-refractivity contribution in [3.05, 3.63) is 0 Å². The molecule has 0 amide bonds. The fourth-order valence-corrected chi connectivity index (χ4v) is 11.7. The highest BCUT2D eigenvalue weighted by atomic mass is 28.4. The molecule has 4 rings (SSSR count). The van der Waals surface area contributed by atoms with Crippen LogP contribution >= 0.6 is 0 Å². The fourth-order valence-electron chi connectivity index (χ4n) is 8.73. The Balaban J connectivity index is 1.99. The molecule has 0 aromatic heterocycles. The smallest absolute Gasteiger partial charge is 0.184 e. The lowest BCUT2D eigenvalue weighted by molar-refractivity contribution is -0.229. The third-order valence-electron chi connectivity index (χ3n) is 9.64. The van der Waals surface area contributed by atoms with Crippen LogP contribution in [0.1, 0.15) is 103 Å². The van der Waals surface area contributed by atoms with Crippen LogP contribution in [0.3, 0.4) is 0 Å². The summed E-state index contributed by atoms with van der Waals surface area (Å²) >= 11 is 0. The Morgan fingerprint density at radius 3 is 1.08 bits per heavy atom. The van der Waals surface area contributed by atoms with E-state index in [4.69, 9.17) is 8.85 Å². The molecule has 4 fully saturated rings. The molecule has 2 N–H and O–H groups in total. The van der Waals surface area contributed by atoms with Crippen molar-refractivity contribution in [2.24, 2.45) is 11.8 Å². The summed E-state index contributed by atoms with van der Waals surface area (Å²) in [6.07, 6.45) is 21.3. The van der Waals surface area contributed by atoms with Crippen molar-refractivity contribution >= 4 is 16.6 Å². The summed E-state index contributed by atoms with van der Waals surface area (Å²) in [5, 5.41) is 8.31. The third kappa shape index (κ3) is 6.35. The molecule has 4 atom stereocenters. The van der Waals surface area contributed by atoms with Gasteiger partial charge in [-0.15, -0.1) is 0 Å². The summed E-state index contributed by atoms with van der Waals surface area (Å²) in [6, 6.07) is 0.811. The van der Waals surface area contributed by atoms with Crippen molar-refractivity contribution in [3.8, 4) is 0 Å². The van der Waals surface area contributed by atoms with Gasteiger partial charge < -0.3 is 19.5 Å². The van der Waals surface area contributed by atoms with E-state index in [1.165, 1.54) is 103 Å². The highest BCUT2D eigenvalue weighted by molar-refractivity contribution is 6.70. The lowest BCUT2D eigenvalue weighted by atomic mass is 9.54. The molecule has 6 heteroatoms. The van der Waals surface area contributed by atoms with Crippen molar-refractivity contribution in [3.63, 3.8) is 0 Å². The van der Waals surface area contributed by atoms with Gasteiger partial charge in [-0.25, -0.2) is 0 Å². The summed E-state index contributed by atoms with van der Waals surface area (Å²) < 4.78 is 15.9. The van der Waals surface area contributed by atoms with E-state index in [0.29, 0.717) is 23.9 Å². The van der Waals surface area contributed by atoms with Crippen LogP contribution in [-0.2, 0) is 8.85 Å². The predicted molar refractivity (Wildman–Crippen MR) is 159 cm³/mol. The zero-order valence-corrected chi connectivity index (χ0v) is 26.9. The van der Waals surface area contributed by atoms with Gasteiger partial charge >= 0.3 is 0 Å². The molecule has 4 unspecified atom stereocenters. The van der Waals surface area contributed by atoms with Crippen LogP contribution in [0.5, 0.6) is 0 Å². The minimum atomic E-state index is -1.91. The second-order valence-electron chi connectivity index (χ2n) is 14.7. The Hall–Kier alpha value is 0.274. The van der Waals surface area contributed by atoms with Gasteiger partial charge in [0.05, 0.1) is 0 Å². The number of hydrogen-bond donors (Lipinski definition) is 2. The monoisotopic (exact) mass is 536 g/mol. The van der Waals surface area contributed by atoms with Gasteiger partial charge in [0.15, 0.2) is 16.6 Å². The Labute approximate surface area is 226 Å². The molecule has 2 saturated carbocycles. The number of hydrogen-bond acceptors (Lipinski definition) is 4. The topological polar surface area (TPSA) is 42.5 Å². The largest absolute Gasteiger partial charge is 0.407 e. The molecule has 0 spiro atoms. The minimum Gasteiger partial charge on any atom is -0.407 e. The first-order chi connectivity index (χ1) is 17.1. The Bertz CT molecular complexity index is 571. The molecule has 0 aromatic rings. The second kappa shape index (κ2) is 12.2. The molecule has 2 saturated heterocycles. The second-order valence-corrected chi connectivity index (χ2v) is 23.5. The van der Waals surface area contributed by atoms with Crippen molar-refractivity contribution in [1.82, 2.24) is 10.6 Å². The van der Waals surface area contributed by atoms with E-state index in [2.05, 4.69) is 49.9 Å². The van der Waals surface area contributed by atoms with E-state index in [-0.39, 0.29) is 11.2 Å². The summed E-state index contributed by atoms with van der Waals surface area (Å²) in [6.45, 7) is 17.0. The zero-order valence-electron chi connectivity index (χ0n) is 24.9. The van der Waals surface area contributed by atoms with Gasteiger partial charge in [0.25, 0.3) is 0 Å². The van der Waals surface area contributed by atoms with Crippen molar-refractivity contribution < 1.29 is 8.85 Å². The summed E-state index contributed by atoms with van der Waals surface area (Å²) in [4.78, 5) is 0. The quantitative estimate of drug-likeness (QED) is 0.298.